The molecule has 0 radical (unpaired) electrons. The maximum atomic E-state index is 13.8. The van der Waals surface area contributed by atoms with Crippen molar-refractivity contribution in [2.24, 2.45) is 11.8 Å². The molecule has 2 saturated heterocycles. The van der Waals surface area contributed by atoms with Gasteiger partial charge in [0.15, 0.2) is 0 Å². The highest BCUT2D eigenvalue weighted by Gasteiger charge is 2.42. The molecule has 0 unspecified atom stereocenters. The molecule has 0 amide bonds. The summed E-state index contributed by atoms with van der Waals surface area (Å²) in [5, 5.41) is 3.22. The zero-order valence-electron chi connectivity index (χ0n) is 11.1. The maximum Gasteiger partial charge on any atom is 0.246 e. The molecule has 110 valence electrons. The Morgan fingerprint density at radius 2 is 1.75 bits per heavy atom. The van der Waals surface area contributed by atoms with E-state index in [0.717, 1.165) is 19.2 Å². The summed E-state index contributed by atoms with van der Waals surface area (Å²) >= 11 is 0. The highest BCUT2D eigenvalue weighted by molar-refractivity contribution is 7.89. The lowest BCUT2D eigenvalue weighted by atomic mass is 10.0. The van der Waals surface area contributed by atoms with Gasteiger partial charge in [0.05, 0.1) is 0 Å². The average Bonchev–Trinajstić information content (AvgIpc) is 2.94. The Morgan fingerprint density at radius 3 is 2.35 bits per heavy atom. The van der Waals surface area contributed by atoms with Gasteiger partial charge in [-0.3, -0.25) is 0 Å². The number of hydrogen-bond acceptors (Lipinski definition) is 3. The molecule has 7 heteroatoms. The van der Waals surface area contributed by atoms with Crippen LogP contribution >= 0.6 is 0 Å². The minimum atomic E-state index is -3.89. The molecule has 0 aliphatic carbocycles. The summed E-state index contributed by atoms with van der Waals surface area (Å²) < 4.78 is 53.4. The van der Waals surface area contributed by atoms with E-state index in [4.69, 9.17) is 0 Å². The van der Waals surface area contributed by atoms with Gasteiger partial charge in [0.1, 0.15) is 16.5 Å². The van der Waals surface area contributed by atoms with E-state index < -0.39 is 26.6 Å². The van der Waals surface area contributed by atoms with E-state index in [9.17, 15) is 17.2 Å². The van der Waals surface area contributed by atoms with E-state index in [1.54, 1.807) is 0 Å². The predicted octanol–water partition coefficient (Wildman–Crippen LogP) is 1.11. The molecular weight excluding hydrogens is 286 g/mol. The van der Waals surface area contributed by atoms with Crippen molar-refractivity contribution < 1.29 is 17.2 Å². The number of rotatable bonds is 2. The van der Waals surface area contributed by atoms with Crippen molar-refractivity contribution in [1.82, 2.24) is 9.62 Å². The second kappa shape index (κ2) is 4.75. The summed E-state index contributed by atoms with van der Waals surface area (Å²) in [5.41, 5.74) is 0.131. The predicted molar refractivity (Wildman–Crippen MR) is 69.7 cm³/mol. The van der Waals surface area contributed by atoms with Crippen LogP contribution in [0.1, 0.15) is 5.56 Å². The molecule has 0 aromatic heterocycles. The fourth-order valence-electron chi connectivity index (χ4n) is 2.98. The standard InChI is InChI=1S/C13H16F2N2O2S/c1-8-2-13(12(15)3-11(8)14)20(18,19)17-6-9-4-16-5-10(9)7-17/h2-3,9-10,16H,4-7H2,1H3/t9-,10+. The van der Waals surface area contributed by atoms with Crippen LogP contribution in [0.25, 0.3) is 0 Å². The first-order chi connectivity index (χ1) is 9.39. The Balaban J connectivity index is 1.95. The lowest BCUT2D eigenvalue weighted by molar-refractivity contribution is 0.442. The van der Waals surface area contributed by atoms with Crippen LogP contribution in [0.2, 0.25) is 0 Å². The molecule has 4 nitrogen and oxygen atoms in total. The molecule has 0 spiro atoms. The Bertz CT molecular complexity index is 636. The van der Waals surface area contributed by atoms with Gasteiger partial charge in [-0.1, -0.05) is 0 Å². The number of nitrogens with one attached hydrogen (secondary N) is 1. The number of benzene rings is 1. The number of aryl methyl sites for hydroxylation is 1. The van der Waals surface area contributed by atoms with Crippen LogP contribution in [0, 0.1) is 30.4 Å². The highest BCUT2D eigenvalue weighted by atomic mass is 32.2. The zero-order chi connectivity index (χ0) is 14.5. The van der Waals surface area contributed by atoms with Gasteiger partial charge in [0, 0.05) is 19.2 Å². The van der Waals surface area contributed by atoms with Crippen LogP contribution in [-0.2, 0) is 10.0 Å². The third-order valence-electron chi connectivity index (χ3n) is 4.19. The molecule has 3 rings (SSSR count). The van der Waals surface area contributed by atoms with Gasteiger partial charge in [-0.05, 0) is 43.5 Å². The van der Waals surface area contributed by atoms with E-state index >= 15 is 0 Å². The first-order valence-corrected chi connectivity index (χ1v) is 8.00. The topological polar surface area (TPSA) is 49.4 Å². The molecule has 1 aromatic rings. The van der Waals surface area contributed by atoms with Crippen molar-refractivity contribution in [3.63, 3.8) is 0 Å². The molecule has 2 heterocycles. The molecule has 1 N–H and O–H groups in total. The minimum Gasteiger partial charge on any atom is -0.316 e. The maximum absolute atomic E-state index is 13.8. The fraction of sp³-hybridized carbons (Fsp3) is 0.538. The number of halogens is 2. The Kier molecular flexibility index (Phi) is 3.30. The molecule has 2 aliphatic rings. The van der Waals surface area contributed by atoms with Crippen molar-refractivity contribution in [2.75, 3.05) is 26.2 Å². The van der Waals surface area contributed by atoms with Crippen LogP contribution in [0.4, 0.5) is 8.78 Å². The molecule has 20 heavy (non-hydrogen) atoms. The van der Waals surface area contributed by atoms with Crippen LogP contribution in [-0.4, -0.2) is 38.9 Å². The fourth-order valence-corrected chi connectivity index (χ4v) is 4.66. The van der Waals surface area contributed by atoms with Gasteiger partial charge in [-0.15, -0.1) is 0 Å². The van der Waals surface area contributed by atoms with Crippen molar-refractivity contribution >= 4 is 10.0 Å². The first-order valence-electron chi connectivity index (χ1n) is 6.56. The van der Waals surface area contributed by atoms with Crippen molar-refractivity contribution in [2.45, 2.75) is 11.8 Å². The molecule has 1 aromatic carbocycles. The van der Waals surface area contributed by atoms with Crippen molar-refractivity contribution in [3.05, 3.63) is 29.3 Å². The zero-order valence-corrected chi connectivity index (χ0v) is 11.9. The Morgan fingerprint density at radius 1 is 1.15 bits per heavy atom. The number of nitrogens with zero attached hydrogens (tertiary/aromatic N) is 1. The largest absolute Gasteiger partial charge is 0.316 e. The second-order valence-electron chi connectivity index (χ2n) is 5.53. The summed E-state index contributed by atoms with van der Waals surface area (Å²) in [6.45, 7) is 3.81. The second-order valence-corrected chi connectivity index (χ2v) is 7.44. The van der Waals surface area contributed by atoms with Crippen molar-refractivity contribution in [3.8, 4) is 0 Å². The Labute approximate surface area is 116 Å². The summed E-state index contributed by atoms with van der Waals surface area (Å²) in [4.78, 5) is -0.427. The van der Waals surface area contributed by atoms with Crippen LogP contribution in [0.5, 0.6) is 0 Å². The lowest BCUT2D eigenvalue weighted by Crippen LogP contribution is -2.32. The highest BCUT2D eigenvalue weighted by Crippen LogP contribution is 2.32. The first kappa shape index (κ1) is 13.9. The number of hydrogen-bond donors (Lipinski definition) is 1. The van der Waals surface area contributed by atoms with Gasteiger partial charge in [-0.2, -0.15) is 4.31 Å². The molecule has 0 saturated carbocycles. The van der Waals surface area contributed by atoms with Gasteiger partial charge < -0.3 is 5.32 Å². The third-order valence-corrected chi connectivity index (χ3v) is 6.03. The summed E-state index contributed by atoms with van der Waals surface area (Å²) in [7, 11) is -3.89. The summed E-state index contributed by atoms with van der Waals surface area (Å²) in [6, 6.07) is 1.72. The summed E-state index contributed by atoms with van der Waals surface area (Å²) in [5.74, 6) is -1.18. The molecule has 2 atom stereocenters. The summed E-state index contributed by atoms with van der Waals surface area (Å²) in [6.07, 6.45) is 0. The smallest absolute Gasteiger partial charge is 0.246 e. The monoisotopic (exact) mass is 302 g/mol. The third kappa shape index (κ3) is 2.13. The van der Waals surface area contributed by atoms with Gasteiger partial charge in [0.25, 0.3) is 0 Å². The van der Waals surface area contributed by atoms with Gasteiger partial charge >= 0.3 is 0 Å². The normalized spacial score (nSPS) is 26.9. The number of sulfonamides is 1. The van der Waals surface area contributed by atoms with Gasteiger partial charge in [0.2, 0.25) is 10.0 Å². The van der Waals surface area contributed by atoms with E-state index in [-0.39, 0.29) is 17.4 Å². The minimum absolute atomic E-state index is 0.131. The van der Waals surface area contributed by atoms with Crippen LogP contribution in [0.3, 0.4) is 0 Å². The lowest BCUT2D eigenvalue weighted by Gasteiger charge is -2.18. The van der Waals surface area contributed by atoms with Gasteiger partial charge in [-0.25, -0.2) is 17.2 Å². The molecule has 2 fully saturated rings. The van der Waals surface area contributed by atoms with E-state index in [0.29, 0.717) is 19.2 Å². The Hall–Kier alpha value is -1.05. The quantitative estimate of drug-likeness (QED) is 0.890. The molecule has 0 bridgehead atoms. The van der Waals surface area contributed by atoms with E-state index in [1.807, 2.05) is 0 Å². The average molecular weight is 302 g/mol. The van der Waals surface area contributed by atoms with Crippen LogP contribution in [0.15, 0.2) is 17.0 Å². The van der Waals surface area contributed by atoms with Crippen molar-refractivity contribution in [1.29, 1.82) is 0 Å². The van der Waals surface area contributed by atoms with E-state index in [2.05, 4.69) is 5.32 Å². The SMILES string of the molecule is Cc1cc(S(=O)(=O)N2C[C@H]3CNC[C@H]3C2)c(F)cc1F. The number of fused-ring (bicyclic) bond motifs is 1. The molecule has 2 aliphatic heterocycles. The molecular formula is C13H16F2N2O2S. The van der Waals surface area contributed by atoms with E-state index in [1.165, 1.54) is 11.2 Å². The van der Waals surface area contributed by atoms with Crippen LogP contribution < -0.4 is 5.32 Å².